The predicted octanol–water partition coefficient (Wildman–Crippen LogP) is 1.86. The van der Waals surface area contributed by atoms with Gasteiger partial charge in [0.2, 0.25) is 0 Å². The third kappa shape index (κ3) is 1.94. The lowest BCUT2D eigenvalue weighted by Gasteiger charge is -2.49. The van der Waals surface area contributed by atoms with Crippen LogP contribution in [0.4, 0.5) is 0 Å². The van der Waals surface area contributed by atoms with Crippen molar-refractivity contribution in [3.05, 3.63) is 0 Å². The predicted molar refractivity (Wildman–Crippen MR) is 62.9 cm³/mol. The average molecular weight is 208 g/mol. The maximum absolute atomic E-state index is 3.63. The van der Waals surface area contributed by atoms with Crippen molar-refractivity contribution in [2.75, 3.05) is 26.2 Å². The number of fused-ring (bicyclic) bond motifs is 2. The zero-order valence-electron chi connectivity index (χ0n) is 9.75. The Kier molecular flexibility index (Phi) is 2.98. The van der Waals surface area contributed by atoms with Crippen LogP contribution in [0.15, 0.2) is 0 Å². The van der Waals surface area contributed by atoms with E-state index in [0.29, 0.717) is 0 Å². The maximum atomic E-state index is 3.63. The molecule has 2 saturated heterocycles. The van der Waals surface area contributed by atoms with Crippen LogP contribution in [-0.2, 0) is 0 Å². The molecular formula is C13H24N2. The molecule has 3 aliphatic rings. The Balaban J connectivity index is 1.71. The minimum Gasteiger partial charge on any atom is -0.316 e. The molecule has 86 valence electrons. The molecule has 0 aromatic rings. The minimum absolute atomic E-state index is 0.945. The van der Waals surface area contributed by atoms with E-state index in [1.54, 1.807) is 0 Å². The van der Waals surface area contributed by atoms with Gasteiger partial charge >= 0.3 is 0 Å². The first-order valence-electron chi connectivity index (χ1n) is 6.90. The third-order valence-electron chi connectivity index (χ3n) is 4.74. The lowest BCUT2D eigenvalue weighted by molar-refractivity contribution is 0.0204. The van der Waals surface area contributed by atoms with E-state index in [2.05, 4.69) is 10.2 Å². The molecule has 15 heavy (non-hydrogen) atoms. The van der Waals surface area contributed by atoms with Gasteiger partial charge in [0.15, 0.2) is 0 Å². The molecule has 2 bridgehead atoms. The summed E-state index contributed by atoms with van der Waals surface area (Å²) < 4.78 is 0. The number of nitrogens with zero attached hydrogens (tertiary/aromatic N) is 1. The summed E-state index contributed by atoms with van der Waals surface area (Å²) in [5.41, 5.74) is 0. The summed E-state index contributed by atoms with van der Waals surface area (Å²) in [5, 5.41) is 3.63. The van der Waals surface area contributed by atoms with Crippen molar-refractivity contribution >= 4 is 0 Å². The SMILES string of the molecule is C1CCN(C2C3CCCC2CNC3)CC1. The third-order valence-corrected chi connectivity index (χ3v) is 4.74. The molecule has 2 aliphatic heterocycles. The van der Waals surface area contributed by atoms with E-state index in [9.17, 15) is 0 Å². The van der Waals surface area contributed by atoms with E-state index >= 15 is 0 Å². The van der Waals surface area contributed by atoms with E-state index in [-0.39, 0.29) is 0 Å². The average Bonchev–Trinajstić information content (AvgIpc) is 2.29. The fourth-order valence-corrected chi connectivity index (χ4v) is 4.08. The fraction of sp³-hybridized carbons (Fsp3) is 1.00. The Morgan fingerprint density at radius 1 is 0.800 bits per heavy atom. The Labute approximate surface area is 93.4 Å². The highest BCUT2D eigenvalue weighted by Crippen LogP contribution is 2.36. The van der Waals surface area contributed by atoms with Gasteiger partial charge in [0.05, 0.1) is 0 Å². The van der Waals surface area contributed by atoms with Gasteiger partial charge < -0.3 is 5.32 Å². The molecule has 0 aromatic carbocycles. The molecule has 0 amide bonds. The normalized spacial score (nSPS) is 42.8. The highest BCUT2D eigenvalue weighted by atomic mass is 15.2. The second kappa shape index (κ2) is 4.42. The first-order valence-corrected chi connectivity index (χ1v) is 6.90. The summed E-state index contributed by atoms with van der Waals surface area (Å²) in [6.07, 6.45) is 8.81. The number of rotatable bonds is 1. The van der Waals surface area contributed by atoms with E-state index in [1.807, 2.05) is 0 Å². The Hall–Kier alpha value is -0.0800. The number of nitrogens with one attached hydrogen (secondary N) is 1. The summed E-state index contributed by atoms with van der Waals surface area (Å²) >= 11 is 0. The standard InChI is InChI=1S/C13H24N2/c1-2-7-15(8-3-1)13-11-5-4-6-12(13)10-14-9-11/h11-14H,1-10H2. The van der Waals surface area contributed by atoms with Crippen molar-refractivity contribution < 1.29 is 0 Å². The van der Waals surface area contributed by atoms with Gasteiger partial charge in [-0.3, -0.25) is 4.90 Å². The second-order valence-corrected chi connectivity index (χ2v) is 5.70. The quantitative estimate of drug-likeness (QED) is 0.707. The summed E-state index contributed by atoms with van der Waals surface area (Å²) in [6.45, 7) is 5.35. The van der Waals surface area contributed by atoms with Crippen LogP contribution >= 0.6 is 0 Å². The van der Waals surface area contributed by atoms with Gasteiger partial charge in [0, 0.05) is 6.04 Å². The van der Waals surface area contributed by atoms with Crippen LogP contribution in [0, 0.1) is 11.8 Å². The Bertz CT molecular complexity index is 189. The molecule has 0 aromatic heterocycles. The van der Waals surface area contributed by atoms with E-state index in [4.69, 9.17) is 0 Å². The van der Waals surface area contributed by atoms with Crippen LogP contribution in [0.25, 0.3) is 0 Å². The number of likely N-dealkylation sites (tertiary alicyclic amines) is 1. The lowest BCUT2D eigenvalue weighted by Crippen LogP contribution is -2.58. The first kappa shape index (κ1) is 10.1. The van der Waals surface area contributed by atoms with Crippen LogP contribution in [0.5, 0.6) is 0 Å². The van der Waals surface area contributed by atoms with Crippen LogP contribution < -0.4 is 5.32 Å². The smallest absolute Gasteiger partial charge is 0.0176 e. The van der Waals surface area contributed by atoms with Gasteiger partial charge in [-0.25, -0.2) is 0 Å². The second-order valence-electron chi connectivity index (χ2n) is 5.70. The summed E-state index contributed by atoms with van der Waals surface area (Å²) in [4.78, 5) is 2.83. The van der Waals surface area contributed by atoms with Crippen molar-refractivity contribution in [1.82, 2.24) is 10.2 Å². The minimum atomic E-state index is 0.945. The van der Waals surface area contributed by atoms with Crippen LogP contribution in [0.1, 0.15) is 38.5 Å². The van der Waals surface area contributed by atoms with Gasteiger partial charge in [0.1, 0.15) is 0 Å². The highest BCUT2D eigenvalue weighted by molar-refractivity contribution is 4.95. The van der Waals surface area contributed by atoms with Crippen molar-refractivity contribution in [2.24, 2.45) is 11.8 Å². The molecule has 0 spiro atoms. The molecule has 3 rings (SSSR count). The summed E-state index contributed by atoms with van der Waals surface area (Å²) in [6, 6.07) is 0.945. The van der Waals surface area contributed by atoms with Crippen molar-refractivity contribution in [1.29, 1.82) is 0 Å². The molecule has 2 unspecified atom stereocenters. The maximum Gasteiger partial charge on any atom is 0.0176 e. The molecule has 1 N–H and O–H groups in total. The molecule has 2 heterocycles. The van der Waals surface area contributed by atoms with Gasteiger partial charge in [0.25, 0.3) is 0 Å². The topological polar surface area (TPSA) is 15.3 Å². The molecule has 3 fully saturated rings. The molecule has 2 heteroatoms. The van der Waals surface area contributed by atoms with Crippen molar-refractivity contribution in [2.45, 2.75) is 44.6 Å². The van der Waals surface area contributed by atoms with Crippen molar-refractivity contribution in [3.8, 4) is 0 Å². The van der Waals surface area contributed by atoms with Gasteiger partial charge in [-0.2, -0.15) is 0 Å². The molecule has 1 aliphatic carbocycles. The van der Waals surface area contributed by atoms with Crippen LogP contribution in [0.2, 0.25) is 0 Å². The van der Waals surface area contributed by atoms with Gasteiger partial charge in [-0.05, 0) is 63.7 Å². The van der Waals surface area contributed by atoms with Gasteiger partial charge in [-0.15, -0.1) is 0 Å². The molecule has 0 radical (unpaired) electrons. The molecular weight excluding hydrogens is 184 g/mol. The van der Waals surface area contributed by atoms with Gasteiger partial charge in [-0.1, -0.05) is 12.8 Å². The summed E-state index contributed by atoms with van der Waals surface area (Å²) in [7, 11) is 0. The zero-order chi connectivity index (χ0) is 10.1. The Morgan fingerprint density at radius 3 is 2.13 bits per heavy atom. The van der Waals surface area contributed by atoms with E-state index in [1.165, 1.54) is 64.7 Å². The highest BCUT2D eigenvalue weighted by Gasteiger charge is 2.39. The number of hydrogen-bond acceptors (Lipinski definition) is 2. The lowest BCUT2D eigenvalue weighted by atomic mass is 9.73. The largest absolute Gasteiger partial charge is 0.316 e. The number of piperidine rings is 2. The van der Waals surface area contributed by atoms with Crippen LogP contribution in [0.3, 0.4) is 0 Å². The summed E-state index contributed by atoms with van der Waals surface area (Å²) in [5.74, 6) is 1.94. The molecule has 2 atom stereocenters. The van der Waals surface area contributed by atoms with E-state index < -0.39 is 0 Å². The first-order chi connectivity index (χ1) is 7.45. The fourth-order valence-electron chi connectivity index (χ4n) is 4.08. The van der Waals surface area contributed by atoms with Crippen LogP contribution in [-0.4, -0.2) is 37.1 Å². The van der Waals surface area contributed by atoms with Crippen molar-refractivity contribution in [3.63, 3.8) is 0 Å². The number of hydrogen-bond donors (Lipinski definition) is 1. The molecule has 2 nitrogen and oxygen atoms in total. The zero-order valence-corrected chi connectivity index (χ0v) is 9.75. The Morgan fingerprint density at radius 2 is 1.47 bits per heavy atom. The monoisotopic (exact) mass is 208 g/mol. The van der Waals surface area contributed by atoms with E-state index in [0.717, 1.165) is 17.9 Å². The molecule has 1 saturated carbocycles.